The number of alkyl halides is 1. The molecule has 1 unspecified atom stereocenters. The molecule has 0 saturated heterocycles. The van der Waals surface area contributed by atoms with Crippen molar-refractivity contribution in [3.05, 3.63) is 0 Å². The first-order valence-electron chi connectivity index (χ1n) is 5.36. The lowest BCUT2D eigenvalue weighted by molar-refractivity contribution is 0.341. The zero-order chi connectivity index (χ0) is 12.7. The van der Waals surface area contributed by atoms with Gasteiger partial charge in [0, 0.05) is 11.9 Å². The zero-order valence-electron chi connectivity index (χ0n) is 10.2. The molecular formula is C10H17ClN4O2. The molecule has 0 aliphatic carbocycles. The van der Waals surface area contributed by atoms with E-state index in [1.165, 1.54) is 14.2 Å². The van der Waals surface area contributed by atoms with E-state index in [0.717, 1.165) is 12.8 Å². The Morgan fingerprint density at radius 3 is 2.24 bits per heavy atom. The van der Waals surface area contributed by atoms with E-state index in [9.17, 15) is 0 Å². The number of methoxy groups -OCH3 is 2. The van der Waals surface area contributed by atoms with E-state index >= 15 is 0 Å². The molecule has 0 fully saturated rings. The van der Waals surface area contributed by atoms with Gasteiger partial charge in [0.25, 0.3) is 0 Å². The molecule has 0 spiro atoms. The molecule has 1 atom stereocenters. The predicted octanol–water partition coefficient (Wildman–Crippen LogP) is 1.71. The third-order valence-corrected chi connectivity index (χ3v) is 2.37. The van der Waals surface area contributed by atoms with Crippen LogP contribution in [0, 0.1) is 0 Å². The number of nitrogens with one attached hydrogen (secondary N) is 1. The number of halogens is 1. The molecule has 1 aromatic heterocycles. The summed E-state index contributed by atoms with van der Waals surface area (Å²) < 4.78 is 9.91. The second-order valence-electron chi connectivity index (χ2n) is 3.51. The first kappa shape index (κ1) is 13.8. The van der Waals surface area contributed by atoms with Gasteiger partial charge in [-0.1, -0.05) is 0 Å². The Morgan fingerprint density at radius 2 is 1.76 bits per heavy atom. The number of nitrogens with zero attached hydrogens (tertiary/aromatic N) is 3. The highest BCUT2D eigenvalue weighted by Crippen LogP contribution is 2.13. The molecule has 7 heteroatoms. The summed E-state index contributed by atoms with van der Waals surface area (Å²) in [6.07, 6.45) is 1.88. The van der Waals surface area contributed by atoms with Gasteiger partial charge in [0.2, 0.25) is 5.95 Å². The molecule has 1 N–H and O–H groups in total. The fourth-order valence-electron chi connectivity index (χ4n) is 1.26. The molecule has 0 saturated carbocycles. The van der Waals surface area contributed by atoms with Crippen molar-refractivity contribution in [1.82, 2.24) is 15.0 Å². The van der Waals surface area contributed by atoms with Crippen LogP contribution < -0.4 is 14.8 Å². The SMILES string of the molecule is COc1nc(NC(C)CCCCl)nc(OC)n1. The standard InChI is InChI=1S/C10H17ClN4O2/c1-7(5-4-6-11)12-8-13-9(16-2)15-10(14-8)17-3/h7H,4-6H2,1-3H3,(H,12,13,14,15). The van der Waals surface area contributed by atoms with Crippen molar-refractivity contribution in [3.8, 4) is 12.0 Å². The monoisotopic (exact) mass is 260 g/mol. The molecule has 0 aliphatic rings. The van der Waals surface area contributed by atoms with Gasteiger partial charge in [0.1, 0.15) is 0 Å². The summed E-state index contributed by atoms with van der Waals surface area (Å²) in [5.74, 6) is 1.09. The molecule has 0 aromatic carbocycles. The maximum Gasteiger partial charge on any atom is 0.324 e. The van der Waals surface area contributed by atoms with Gasteiger partial charge >= 0.3 is 12.0 Å². The van der Waals surface area contributed by atoms with Gasteiger partial charge in [-0.15, -0.1) is 16.6 Å². The molecule has 1 aromatic rings. The Balaban J connectivity index is 2.68. The summed E-state index contributed by atoms with van der Waals surface area (Å²) in [6.45, 7) is 2.04. The number of aromatic nitrogens is 3. The Kier molecular flexibility index (Phi) is 5.76. The van der Waals surface area contributed by atoms with Gasteiger partial charge in [-0.3, -0.25) is 0 Å². The fraction of sp³-hybridized carbons (Fsp3) is 0.700. The highest BCUT2D eigenvalue weighted by atomic mass is 35.5. The van der Waals surface area contributed by atoms with Crippen LogP contribution in [0.4, 0.5) is 5.95 Å². The number of anilines is 1. The van der Waals surface area contributed by atoms with Crippen molar-refractivity contribution in [3.63, 3.8) is 0 Å². The van der Waals surface area contributed by atoms with Crippen molar-refractivity contribution in [2.45, 2.75) is 25.8 Å². The van der Waals surface area contributed by atoms with E-state index in [-0.39, 0.29) is 18.1 Å². The van der Waals surface area contributed by atoms with Crippen molar-refractivity contribution in [1.29, 1.82) is 0 Å². The smallest absolute Gasteiger partial charge is 0.324 e. The van der Waals surface area contributed by atoms with Crippen LogP contribution in [0.25, 0.3) is 0 Å². The van der Waals surface area contributed by atoms with E-state index in [4.69, 9.17) is 21.1 Å². The first-order chi connectivity index (χ1) is 8.19. The molecule has 1 heterocycles. The van der Waals surface area contributed by atoms with E-state index in [1.807, 2.05) is 6.92 Å². The summed E-state index contributed by atoms with van der Waals surface area (Å²) in [4.78, 5) is 12.1. The van der Waals surface area contributed by atoms with E-state index in [0.29, 0.717) is 11.8 Å². The van der Waals surface area contributed by atoms with Crippen molar-refractivity contribution in [2.24, 2.45) is 0 Å². The average molecular weight is 261 g/mol. The largest absolute Gasteiger partial charge is 0.467 e. The minimum Gasteiger partial charge on any atom is -0.467 e. The first-order valence-corrected chi connectivity index (χ1v) is 5.89. The Labute approximate surface area is 106 Å². The number of ether oxygens (including phenoxy) is 2. The topological polar surface area (TPSA) is 69.2 Å². The third kappa shape index (κ3) is 4.60. The second kappa shape index (κ2) is 7.11. The lowest BCUT2D eigenvalue weighted by Crippen LogP contribution is -2.18. The zero-order valence-corrected chi connectivity index (χ0v) is 11.0. The molecular weight excluding hydrogens is 244 g/mol. The molecule has 6 nitrogen and oxygen atoms in total. The molecule has 96 valence electrons. The minimum absolute atomic E-state index is 0.226. The summed E-state index contributed by atoms with van der Waals surface area (Å²) in [7, 11) is 2.99. The number of hydrogen-bond acceptors (Lipinski definition) is 6. The maximum absolute atomic E-state index is 5.63. The average Bonchev–Trinajstić information content (AvgIpc) is 2.35. The van der Waals surface area contributed by atoms with Crippen LogP contribution in [0.1, 0.15) is 19.8 Å². The Bertz CT molecular complexity index is 329. The van der Waals surface area contributed by atoms with Gasteiger partial charge in [0.05, 0.1) is 14.2 Å². The normalized spacial score (nSPS) is 12.0. The van der Waals surface area contributed by atoms with Gasteiger partial charge < -0.3 is 14.8 Å². The molecule has 0 aliphatic heterocycles. The number of hydrogen-bond donors (Lipinski definition) is 1. The highest BCUT2D eigenvalue weighted by Gasteiger charge is 2.09. The van der Waals surface area contributed by atoms with Crippen molar-refractivity contribution in [2.75, 3.05) is 25.4 Å². The van der Waals surface area contributed by atoms with E-state index < -0.39 is 0 Å². The van der Waals surface area contributed by atoms with Crippen LogP contribution >= 0.6 is 11.6 Å². The fourth-order valence-corrected chi connectivity index (χ4v) is 1.42. The minimum atomic E-state index is 0.226. The van der Waals surface area contributed by atoms with Gasteiger partial charge in [-0.2, -0.15) is 9.97 Å². The molecule has 0 amide bonds. The second-order valence-corrected chi connectivity index (χ2v) is 3.89. The predicted molar refractivity (Wildman–Crippen MR) is 66.0 cm³/mol. The molecule has 1 rings (SSSR count). The summed E-state index contributed by atoms with van der Waals surface area (Å²) in [5.41, 5.74) is 0. The van der Waals surface area contributed by atoms with Crippen molar-refractivity contribution < 1.29 is 9.47 Å². The summed E-state index contributed by atoms with van der Waals surface area (Å²) in [5, 5.41) is 3.15. The van der Waals surface area contributed by atoms with Gasteiger partial charge in [0.15, 0.2) is 0 Å². The van der Waals surface area contributed by atoms with Crippen LogP contribution in [0.15, 0.2) is 0 Å². The molecule has 0 radical (unpaired) electrons. The summed E-state index contributed by atoms with van der Waals surface area (Å²) >= 11 is 5.63. The number of rotatable bonds is 7. The van der Waals surface area contributed by atoms with E-state index in [1.54, 1.807) is 0 Å². The third-order valence-electron chi connectivity index (χ3n) is 2.11. The Hall–Kier alpha value is -1.30. The Morgan fingerprint density at radius 1 is 1.18 bits per heavy atom. The molecule has 0 bridgehead atoms. The van der Waals surface area contributed by atoms with Crippen molar-refractivity contribution >= 4 is 17.5 Å². The van der Waals surface area contributed by atoms with Crippen LogP contribution in [0.3, 0.4) is 0 Å². The quantitative estimate of drug-likeness (QED) is 0.753. The van der Waals surface area contributed by atoms with Crippen LogP contribution in [0.5, 0.6) is 12.0 Å². The van der Waals surface area contributed by atoms with Gasteiger partial charge in [-0.05, 0) is 19.8 Å². The van der Waals surface area contributed by atoms with E-state index in [2.05, 4.69) is 20.3 Å². The summed E-state index contributed by atoms with van der Waals surface area (Å²) in [6, 6.07) is 0.679. The van der Waals surface area contributed by atoms with Crippen LogP contribution in [0.2, 0.25) is 0 Å². The maximum atomic E-state index is 5.63. The lowest BCUT2D eigenvalue weighted by atomic mass is 10.2. The lowest BCUT2D eigenvalue weighted by Gasteiger charge is -2.13. The highest BCUT2D eigenvalue weighted by molar-refractivity contribution is 6.17. The van der Waals surface area contributed by atoms with Crippen LogP contribution in [-0.4, -0.2) is 41.1 Å². The van der Waals surface area contributed by atoms with Crippen LogP contribution in [-0.2, 0) is 0 Å². The van der Waals surface area contributed by atoms with Gasteiger partial charge in [-0.25, -0.2) is 0 Å². The molecule has 17 heavy (non-hydrogen) atoms.